The zero-order chi connectivity index (χ0) is 14.8. The number of aromatic nitrogens is 1. The highest BCUT2D eigenvalue weighted by atomic mass is 16.5. The van der Waals surface area contributed by atoms with Gasteiger partial charge in [-0.15, -0.1) is 0 Å². The highest BCUT2D eigenvalue weighted by Crippen LogP contribution is 2.28. The van der Waals surface area contributed by atoms with Crippen molar-refractivity contribution < 1.29 is 4.74 Å². The van der Waals surface area contributed by atoms with Crippen molar-refractivity contribution in [2.24, 2.45) is 11.7 Å². The number of aromatic amines is 1. The molecule has 0 aliphatic carbocycles. The first-order valence-electron chi connectivity index (χ1n) is 7.43. The van der Waals surface area contributed by atoms with E-state index in [9.17, 15) is 0 Å². The molecular weight excluding hydrogens is 248 g/mol. The third-order valence-corrected chi connectivity index (χ3v) is 4.64. The number of ether oxygens (including phenoxy) is 1. The molecule has 110 valence electrons. The minimum Gasteiger partial charge on any atom is -0.497 e. The van der Waals surface area contributed by atoms with Crippen LogP contribution in [0.4, 0.5) is 0 Å². The summed E-state index contributed by atoms with van der Waals surface area (Å²) in [6.07, 6.45) is 5.11. The van der Waals surface area contributed by atoms with E-state index in [1.165, 1.54) is 10.9 Å². The summed E-state index contributed by atoms with van der Waals surface area (Å²) in [5, 5.41) is 1.24. The molecule has 1 unspecified atom stereocenters. The number of H-pyrrole nitrogens is 1. The fourth-order valence-electron chi connectivity index (χ4n) is 2.73. The Morgan fingerprint density at radius 2 is 2.10 bits per heavy atom. The fraction of sp³-hybridized carbons (Fsp3) is 0.529. The third-order valence-electron chi connectivity index (χ3n) is 4.64. The predicted octanol–water partition coefficient (Wildman–Crippen LogP) is 3.87. The molecule has 0 bridgehead atoms. The molecule has 0 aliphatic rings. The summed E-state index contributed by atoms with van der Waals surface area (Å²) in [6.45, 7) is 6.60. The summed E-state index contributed by atoms with van der Waals surface area (Å²) >= 11 is 0. The van der Waals surface area contributed by atoms with E-state index in [4.69, 9.17) is 10.5 Å². The van der Waals surface area contributed by atoms with Gasteiger partial charge in [-0.05, 0) is 48.9 Å². The first-order valence-corrected chi connectivity index (χ1v) is 7.43. The van der Waals surface area contributed by atoms with Gasteiger partial charge < -0.3 is 15.5 Å². The molecule has 1 aromatic heterocycles. The quantitative estimate of drug-likeness (QED) is 0.840. The van der Waals surface area contributed by atoms with E-state index in [1.807, 2.05) is 6.07 Å². The largest absolute Gasteiger partial charge is 0.497 e. The Bertz CT molecular complexity index is 573. The standard InChI is InChI=1S/C17H26N2O/c1-5-17(18,12(2)3)9-8-13-11-19-16-7-6-14(20-4)10-15(13)16/h6-7,10-12,19H,5,8-9,18H2,1-4H3. The van der Waals surface area contributed by atoms with Gasteiger partial charge in [0.2, 0.25) is 0 Å². The van der Waals surface area contributed by atoms with Gasteiger partial charge in [0.25, 0.3) is 0 Å². The van der Waals surface area contributed by atoms with Crippen molar-refractivity contribution in [1.82, 2.24) is 4.98 Å². The summed E-state index contributed by atoms with van der Waals surface area (Å²) < 4.78 is 5.31. The maximum Gasteiger partial charge on any atom is 0.119 e. The Labute approximate surface area is 121 Å². The predicted molar refractivity (Wildman–Crippen MR) is 85.2 cm³/mol. The van der Waals surface area contributed by atoms with Crippen molar-refractivity contribution in [2.45, 2.75) is 45.6 Å². The molecule has 0 radical (unpaired) electrons. The van der Waals surface area contributed by atoms with Gasteiger partial charge in [-0.1, -0.05) is 20.8 Å². The molecule has 2 aromatic rings. The Hall–Kier alpha value is -1.48. The number of methoxy groups -OCH3 is 1. The fourth-order valence-corrected chi connectivity index (χ4v) is 2.73. The van der Waals surface area contributed by atoms with Crippen LogP contribution in [0.15, 0.2) is 24.4 Å². The number of nitrogens with one attached hydrogen (secondary N) is 1. The van der Waals surface area contributed by atoms with Gasteiger partial charge in [-0.3, -0.25) is 0 Å². The van der Waals surface area contributed by atoms with Crippen LogP contribution in [0.1, 0.15) is 39.2 Å². The zero-order valence-electron chi connectivity index (χ0n) is 13.0. The second-order valence-corrected chi connectivity index (χ2v) is 5.97. The molecule has 0 fully saturated rings. The molecule has 0 aliphatic heterocycles. The highest BCUT2D eigenvalue weighted by molar-refractivity contribution is 5.84. The molecule has 0 amide bonds. The molecule has 1 heterocycles. The number of rotatable bonds is 6. The lowest BCUT2D eigenvalue weighted by atomic mass is 9.80. The van der Waals surface area contributed by atoms with Crippen molar-refractivity contribution >= 4 is 10.9 Å². The Morgan fingerprint density at radius 1 is 1.35 bits per heavy atom. The molecular formula is C17H26N2O. The van der Waals surface area contributed by atoms with E-state index in [-0.39, 0.29) is 5.54 Å². The molecule has 3 nitrogen and oxygen atoms in total. The summed E-state index contributed by atoms with van der Waals surface area (Å²) in [4.78, 5) is 3.33. The molecule has 20 heavy (non-hydrogen) atoms. The van der Waals surface area contributed by atoms with Crippen LogP contribution in [-0.4, -0.2) is 17.6 Å². The van der Waals surface area contributed by atoms with Gasteiger partial charge in [0.05, 0.1) is 7.11 Å². The van der Waals surface area contributed by atoms with E-state index in [2.05, 4.69) is 44.1 Å². The second-order valence-electron chi connectivity index (χ2n) is 5.97. The average Bonchev–Trinajstić information content (AvgIpc) is 2.86. The number of fused-ring (bicyclic) bond motifs is 1. The Balaban J connectivity index is 2.21. The SMILES string of the molecule is CCC(N)(CCc1c[nH]c2ccc(OC)cc12)C(C)C. The lowest BCUT2D eigenvalue weighted by molar-refractivity contribution is 0.278. The smallest absolute Gasteiger partial charge is 0.119 e. The lowest BCUT2D eigenvalue weighted by Crippen LogP contribution is -2.44. The van der Waals surface area contributed by atoms with Gasteiger partial charge in [-0.25, -0.2) is 0 Å². The van der Waals surface area contributed by atoms with Crippen LogP contribution in [0, 0.1) is 5.92 Å². The molecule has 0 saturated carbocycles. The van der Waals surface area contributed by atoms with Crippen LogP contribution in [0.25, 0.3) is 10.9 Å². The van der Waals surface area contributed by atoms with Gasteiger partial charge in [-0.2, -0.15) is 0 Å². The molecule has 0 saturated heterocycles. The van der Waals surface area contributed by atoms with Crippen LogP contribution < -0.4 is 10.5 Å². The van der Waals surface area contributed by atoms with Crippen LogP contribution >= 0.6 is 0 Å². The maximum absolute atomic E-state index is 6.52. The summed E-state index contributed by atoms with van der Waals surface area (Å²) in [5.74, 6) is 1.39. The molecule has 0 spiro atoms. The molecule has 1 aromatic carbocycles. The summed E-state index contributed by atoms with van der Waals surface area (Å²) in [6, 6.07) is 6.15. The molecule has 1 atom stereocenters. The normalized spacial score (nSPS) is 14.7. The first kappa shape index (κ1) is 14.9. The van der Waals surface area contributed by atoms with Crippen LogP contribution in [0.2, 0.25) is 0 Å². The number of nitrogens with two attached hydrogens (primary N) is 1. The van der Waals surface area contributed by atoms with E-state index in [0.29, 0.717) is 5.92 Å². The van der Waals surface area contributed by atoms with Gasteiger partial charge in [0, 0.05) is 22.6 Å². The number of hydrogen-bond donors (Lipinski definition) is 2. The van der Waals surface area contributed by atoms with Crippen molar-refractivity contribution in [1.29, 1.82) is 0 Å². The van der Waals surface area contributed by atoms with Crippen molar-refractivity contribution in [3.63, 3.8) is 0 Å². The van der Waals surface area contributed by atoms with E-state index < -0.39 is 0 Å². The van der Waals surface area contributed by atoms with Gasteiger partial charge >= 0.3 is 0 Å². The first-order chi connectivity index (χ1) is 9.50. The van der Waals surface area contributed by atoms with Crippen molar-refractivity contribution in [3.8, 4) is 5.75 Å². The van der Waals surface area contributed by atoms with E-state index >= 15 is 0 Å². The molecule has 2 rings (SSSR count). The van der Waals surface area contributed by atoms with E-state index in [1.54, 1.807) is 7.11 Å². The third kappa shape index (κ3) is 2.83. The Kier molecular flexibility index (Phi) is 4.39. The minimum atomic E-state index is -0.0809. The zero-order valence-corrected chi connectivity index (χ0v) is 13.0. The van der Waals surface area contributed by atoms with Crippen LogP contribution in [0.3, 0.4) is 0 Å². The van der Waals surface area contributed by atoms with Crippen LogP contribution in [0.5, 0.6) is 5.75 Å². The topological polar surface area (TPSA) is 51.0 Å². The van der Waals surface area contributed by atoms with Crippen LogP contribution in [-0.2, 0) is 6.42 Å². The van der Waals surface area contributed by atoms with E-state index in [0.717, 1.165) is 30.5 Å². The minimum absolute atomic E-state index is 0.0809. The highest BCUT2D eigenvalue weighted by Gasteiger charge is 2.26. The average molecular weight is 274 g/mol. The number of aryl methyl sites for hydroxylation is 1. The Morgan fingerprint density at radius 3 is 2.70 bits per heavy atom. The van der Waals surface area contributed by atoms with Gasteiger partial charge in [0.1, 0.15) is 5.75 Å². The molecule has 3 heteroatoms. The summed E-state index contributed by atoms with van der Waals surface area (Å²) in [5.41, 5.74) is 8.92. The number of hydrogen-bond acceptors (Lipinski definition) is 2. The monoisotopic (exact) mass is 274 g/mol. The van der Waals surface area contributed by atoms with Crippen molar-refractivity contribution in [2.75, 3.05) is 7.11 Å². The van der Waals surface area contributed by atoms with Gasteiger partial charge in [0.15, 0.2) is 0 Å². The second kappa shape index (κ2) is 5.88. The maximum atomic E-state index is 6.52. The summed E-state index contributed by atoms with van der Waals surface area (Å²) in [7, 11) is 1.70. The number of benzene rings is 1. The van der Waals surface area contributed by atoms with Crippen molar-refractivity contribution in [3.05, 3.63) is 30.0 Å². The lowest BCUT2D eigenvalue weighted by Gasteiger charge is -2.32. The molecule has 3 N–H and O–H groups in total.